The van der Waals surface area contributed by atoms with Crippen LogP contribution in [-0.4, -0.2) is 16.9 Å². The Morgan fingerprint density at radius 2 is 1.50 bits per heavy atom. The van der Waals surface area contributed by atoms with E-state index in [0.29, 0.717) is 5.56 Å². The van der Waals surface area contributed by atoms with Crippen LogP contribution in [0.5, 0.6) is 0 Å². The van der Waals surface area contributed by atoms with Crippen molar-refractivity contribution in [2.75, 3.05) is 0 Å². The standard InChI is InChI=1S/C20H17N3O2S/c24-18(13-16-11-6-10-14-7-4-5-12-17(14)16)21-20(26)23-22-19(25)15-8-2-1-3-9-15/h1-12H,13H2,(H,22,25)(H2,21,23,24,26). The Morgan fingerprint density at radius 1 is 0.808 bits per heavy atom. The number of carbonyl (C=O) groups is 2. The Labute approximate surface area is 156 Å². The maximum Gasteiger partial charge on any atom is 0.269 e. The van der Waals surface area contributed by atoms with Crippen LogP contribution in [0.3, 0.4) is 0 Å². The van der Waals surface area contributed by atoms with Crippen molar-refractivity contribution in [1.29, 1.82) is 0 Å². The Hall–Kier alpha value is -3.25. The van der Waals surface area contributed by atoms with E-state index in [4.69, 9.17) is 12.2 Å². The summed E-state index contributed by atoms with van der Waals surface area (Å²) in [5.74, 6) is -0.593. The lowest BCUT2D eigenvalue weighted by molar-refractivity contribution is -0.119. The van der Waals surface area contributed by atoms with Crippen molar-refractivity contribution in [3.05, 3.63) is 83.9 Å². The first-order chi connectivity index (χ1) is 12.6. The molecule has 3 aromatic rings. The molecule has 2 amide bonds. The van der Waals surface area contributed by atoms with Crippen LogP contribution in [0, 0.1) is 0 Å². The highest BCUT2D eigenvalue weighted by molar-refractivity contribution is 7.80. The van der Waals surface area contributed by atoms with Gasteiger partial charge in [0.05, 0.1) is 6.42 Å². The molecule has 0 bridgehead atoms. The van der Waals surface area contributed by atoms with Crippen LogP contribution < -0.4 is 16.2 Å². The average Bonchev–Trinajstić information content (AvgIpc) is 2.67. The molecule has 0 aliphatic rings. The predicted molar refractivity (Wildman–Crippen MR) is 105 cm³/mol. The summed E-state index contributed by atoms with van der Waals surface area (Å²) in [6.45, 7) is 0. The zero-order chi connectivity index (χ0) is 18.4. The van der Waals surface area contributed by atoms with E-state index in [1.807, 2.05) is 48.5 Å². The molecule has 3 rings (SSSR count). The van der Waals surface area contributed by atoms with Crippen molar-refractivity contribution in [1.82, 2.24) is 16.2 Å². The first kappa shape index (κ1) is 17.6. The monoisotopic (exact) mass is 363 g/mol. The quantitative estimate of drug-likeness (QED) is 0.494. The summed E-state index contributed by atoms with van der Waals surface area (Å²) < 4.78 is 0. The maximum atomic E-state index is 12.2. The van der Waals surface area contributed by atoms with Gasteiger partial charge in [-0.2, -0.15) is 0 Å². The maximum absolute atomic E-state index is 12.2. The van der Waals surface area contributed by atoms with Crippen molar-refractivity contribution in [2.45, 2.75) is 6.42 Å². The fraction of sp³-hybridized carbons (Fsp3) is 0.0500. The first-order valence-electron chi connectivity index (χ1n) is 8.05. The van der Waals surface area contributed by atoms with Gasteiger partial charge in [-0.25, -0.2) is 0 Å². The summed E-state index contributed by atoms with van der Waals surface area (Å²) in [5.41, 5.74) is 6.39. The zero-order valence-corrected chi connectivity index (χ0v) is 14.7. The number of rotatable bonds is 3. The molecule has 3 N–H and O–H groups in total. The van der Waals surface area contributed by atoms with Gasteiger partial charge in [-0.15, -0.1) is 0 Å². The highest BCUT2D eigenvalue weighted by atomic mass is 32.1. The number of hydrazine groups is 1. The molecule has 0 spiro atoms. The normalized spacial score (nSPS) is 10.2. The third kappa shape index (κ3) is 4.43. The predicted octanol–water partition coefficient (Wildman–Crippen LogP) is 2.72. The van der Waals surface area contributed by atoms with Crippen LogP contribution in [0.2, 0.25) is 0 Å². The molecular weight excluding hydrogens is 346 g/mol. The number of nitrogens with one attached hydrogen (secondary N) is 3. The number of thiocarbonyl (C=S) groups is 1. The van der Waals surface area contributed by atoms with Gasteiger partial charge in [-0.3, -0.25) is 20.4 Å². The Balaban J connectivity index is 1.54. The SMILES string of the molecule is O=C(Cc1cccc2ccccc12)NC(=S)NNC(=O)c1ccccc1. The van der Waals surface area contributed by atoms with E-state index in [9.17, 15) is 9.59 Å². The molecule has 5 nitrogen and oxygen atoms in total. The summed E-state index contributed by atoms with van der Waals surface area (Å²) in [6, 6.07) is 22.4. The summed E-state index contributed by atoms with van der Waals surface area (Å²) >= 11 is 5.05. The third-order valence-electron chi connectivity index (χ3n) is 3.81. The summed E-state index contributed by atoms with van der Waals surface area (Å²) in [4.78, 5) is 24.2. The Kier molecular flexibility index (Phi) is 5.56. The van der Waals surface area contributed by atoms with Crippen molar-refractivity contribution in [3.63, 3.8) is 0 Å². The topological polar surface area (TPSA) is 70.2 Å². The summed E-state index contributed by atoms with van der Waals surface area (Å²) in [7, 11) is 0. The molecule has 0 radical (unpaired) electrons. The minimum Gasteiger partial charge on any atom is -0.302 e. The van der Waals surface area contributed by atoms with Crippen molar-refractivity contribution in [2.24, 2.45) is 0 Å². The molecule has 0 saturated heterocycles. The highest BCUT2D eigenvalue weighted by Crippen LogP contribution is 2.18. The van der Waals surface area contributed by atoms with Gasteiger partial charge in [0.15, 0.2) is 5.11 Å². The molecular formula is C20H17N3O2S. The lowest BCUT2D eigenvalue weighted by atomic mass is 10.0. The van der Waals surface area contributed by atoms with Gasteiger partial charge in [0, 0.05) is 5.56 Å². The molecule has 26 heavy (non-hydrogen) atoms. The molecule has 3 aromatic carbocycles. The largest absolute Gasteiger partial charge is 0.302 e. The highest BCUT2D eigenvalue weighted by Gasteiger charge is 2.10. The molecule has 0 aromatic heterocycles. The van der Waals surface area contributed by atoms with E-state index < -0.39 is 0 Å². The van der Waals surface area contributed by atoms with Crippen molar-refractivity contribution >= 4 is 39.9 Å². The van der Waals surface area contributed by atoms with Crippen LogP contribution in [0.25, 0.3) is 10.8 Å². The first-order valence-corrected chi connectivity index (χ1v) is 8.46. The van der Waals surface area contributed by atoms with Gasteiger partial charge in [0.1, 0.15) is 0 Å². The van der Waals surface area contributed by atoms with Crippen LogP contribution >= 0.6 is 12.2 Å². The van der Waals surface area contributed by atoms with Gasteiger partial charge in [-0.05, 0) is 40.7 Å². The van der Waals surface area contributed by atoms with Crippen LogP contribution in [0.1, 0.15) is 15.9 Å². The number of amides is 2. The minimum absolute atomic E-state index is 0.0412. The van der Waals surface area contributed by atoms with E-state index in [0.717, 1.165) is 16.3 Å². The molecule has 130 valence electrons. The van der Waals surface area contributed by atoms with Crippen molar-refractivity contribution in [3.8, 4) is 0 Å². The van der Waals surface area contributed by atoms with Crippen LogP contribution in [0.15, 0.2) is 72.8 Å². The second kappa shape index (κ2) is 8.22. The fourth-order valence-corrected chi connectivity index (χ4v) is 2.76. The molecule has 0 atom stereocenters. The molecule has 6 heteroatoms. The molecule has 0 heterocycles. The Bertz CT molecular complexity index is 952. The van der Waals surface area contributed by atoms with Crippen LogP contribution in [0.4, 0.5) is 0 Å². The second-order valence-electron chi connectivity index (χ2n) is 5.64. The lowest BCUT2D eigenvalue weighted by Crippen LogP contribution is -2.48. The van der Waals surface area contributed by atoms with Crippen LogP contribution in [-0.2, 0) is 11.2 Å². The van der Waals surface area contributed by atoms with E-state index in [-0.39, 0.29) is 23.3 Å². The molecule has 0 unspecified atom stereocenters. The molecule has 0 saturated carbocycles. The number of carbonyl (C=O) groups excluding carboxylic acids is 2. The van der Waals surface area contributed by atoms with E-state index in [2.05, 4.69) is 16.2 Å². The summed E-state index contributed by atoms with van der Waals surface area (Å²) in [6.07, 6.45) is 0.190. The van der Waals surface area contributed by atoms with Gasteiger partial charge in [-0.1, -0.05) is 60.7 Å². The molecule has 0 aliphatic carbocycles. The van der Waals surface area contributed by atoms with Gasteiger partial charge in [0.25, 0.3) is 5.91 Å². The van der Waals surface area contributed by atoms with Gasteiger partial charge in [0.2, 0.25) is 5.91 Å². The summed E-state index contributed by atoms with van der Waals surface area (Å²) in [5, 5.41) is 4.71. The average molecular weight is 363 g/mol. The number of benzene rings is 3. The lowest BCUT2D eigenvalue weighted by Gasteiger charge is -2.11. The zero-order valence-electron chi connectivity index (χ0n) is 13.9. The van der Waals surface area contributed by atoms with Crippen molar-refractivity contribution < 1.29 is 9.59 Å². The van der Waals surface area contributed by atoms with Gasteiger partial charge >= 0.3 is 0 Å². The molecule has 0 aliphatic heterocycles. The van der Waals surface area contributed by atoms with E-state index >= 15 is 0 Å². The Morgan fingerprint density at radius 3 is 2.31 bits per heavy atom. The van der Waals surface area contributed by atoms with Gasteiger partial charge < -0.3 is 5.32 Å². The number of fused-ring (bicyclic) bond motifs is 1. The second-order valence-corrected chi connectivity index (χ2v) is 6.05. The third-order valence-corrected chi connectivity index (χ3v) is 4.01. The minimum atomic E-state index is -0.337. The molecule has 0 fully saturated rings. The number of hydrogen-bond acceptors (Lipinski definition) is 3. The fourth-order valence-electron chi connectivity index (χ4n) is 2.60. The number of hydrogen-bond donors (Lipinski definition) is 3. The van der Waals surface area contributed by atoms with E-state index in [1.54, 1.807) is 24.3 Å². The van der Waals surface area contributed by atoms with E-state index in [1.165, 1.54) is 0 Å². The smallest absolute Gasteiger partial charge is 0.269 e.